The number of aliphatic hydroxyl groups is 1. The molecule has 3 aliphatic heterocycles. The number of carbonyl (C=O) groups excluding carboxylic acids is 2. The lowest BCUT2D eigenvalue weighted by molar-refractivity contribution is -0.253. The summed E-state index contributed by atoms with van der Waals surface area (Å²) in [7, 11) is 0. The summed E-state index contributed by atoms with van der Waals surface area (Å²) in [4.78, 5) is 29.6. The molecule has 3 fully saturated rings. The predicted molar refractivity (Wildman–Crippen MR) is 171 cm³/mol. The Morgan fingerprint density at radius 3 is 2.31 bits per heavy atom. The van der Waals surface area contributed by atoms with E-state index in [-0.39, 0.29) is 30.8 Å². The summed E-state index contributed by atoms with van der Waals surface area (Å²) in [6.45, 7) is 5.75. The number of benzene rings is 3. The molecule has 0 saturated carbocycles. The van der Waals surface area contributed by atoms with Gasteiger partial charge in [-0.15, -0.1) is 0 Å². The van der Waals surface area contributed by atoms with E-state index in [9.17, 15) is 14.7 Å². The minimum atomic E-state index is -0.554. The number of para-hydroxylation sites is 1. The van der Waals surface area contributed by atoms with Crippen LogP contribution in [0, 0.1) is 0 Å². The molecular weight excluding hydrogens is 570 g/mol. The molecule has 10 heteroatoms. The number of likely N-dealkylation sites (tertiary alicyclic amines) is 1. The number of anilines is 1. The van der Waals surface area contributed by atoms with Crippen molar-refractivity contribution in [1.82, 2.24) is 20.9 Å². The van der Waals surface area contributed by atoms with Gasteiger partial charge in [-0.05, 0) is 48.6 Å². The van der Waals surface area contributed by atoms with Crippen molar-refractivity contribution in [3.8, 4) is 0 Å². The molecule has 3 aromatic carbocycles. The average molecular weight is 614 g/mol. The molecule has 0 radical (unpaired) electrons. The number of hydrogen-bond acceptors (Lipinski definition) is 7. The van der Waals surface area contributed by atoms with Crippen LogP contribution in [0.5, 0.6) is 0 Å². The Morgan fingerprint density at radius 1 is 0.933 bits per heavy atom. The molecule has 3 amide bonds. The summed E-state index contributed by atoms with van der Waals surface area (Å²) in [6.07, 6.45) is 1.38. The quantitative estimate of drug-likeness (QED) is 0.289. The lowest BCUT2D eigenvalue weighted by Crippen LogP contribution is -2.57. The van der Waals surface area contributed by atoms with Crippen LogP contribution in [0.15, 0.2) is 78.9 Å². The fourth-order valence-electron chi connectivity index (χ4n) is 6.66. The summed E-state index contributed by atoms with van der Waals surface area (Å²) in [5.74, 6) is 0.115. The Hall–Kier alpha value is -3.96. The molecule has 0 bridgehead atoms. The van der Waals surface area contributed by atoms with Gasteiger partial charge in [-0.1, -0.05) is 66.7 Å². The zero-order valence-electron chi connectivity index (χ0n) is 25.8. The predicted octanol–water partition coefficient (Wildman–Crippen LogP) is 3.97. The normalized spacial score (nSPS) is 23.1. The first kappa shape index (κ1) is 31.0. The van der Waals surface area contributed by atoms with Gasteiger partial charge in [-0.25, -0.2) is 4.79 Å². The molecule has 4 N–H and O–H groups in total. The number of rotatable bonds is 9. The molecule has 0 unspecified atom stereocenters. The smallest absolute Gasteiger partial charge is 0.315 e. The van der Waals surface area contributed by atoms with Gasteiger partial charge in [0.05, 0.1) is 25.5 Å². The first-order chi connectivity index (χ1) is 22.0. The van der Waals surface area contributed by atoms with Crippen molar-refractivity contribution in [2.45, 2.75) is 63.4 Å². The molecule has 3 heterocycles. The van der Waals surface area contributed by atoms with Crippen LogP contribution in [0.1, 0.15) is 60.8 Å². The van der Waals surface area contributed by atoms with E-state index in [0.717, 1.165) is 60.4 Å². The monoisotopic (exact) mass is 613 g/mol. The van der Waals surface area contributed by atoms with Crippen molar-refractivity contribution >= 4 is 17.6 Å². The Balaban J connectivity index is 1.14. The number of carbonyl (C=O) groups is 2. The number of hydrogen-bond donors (Lipinski definition) is 4. The Bertz CT molecular complexity index is 1430. The van der Waals surface area contributed by atoms with Gasteiger partial charge >= 0.3 is 6.03 Å². The molecule has 0 aliphatic carbocycles. The molecule has 3 aliphatic rings. The lowest BCUT2D eigenvalue weighted by atomic mass is 9.85. The Morgan fingerprint density at radius 2 is 1.62 bits per heavy atom. The van der Waals surface area contributed by atoms with Crippen molar-refractivity contribution < 1.29 is 24.2 Å². The fourth-order valence-corrected chi connectivity index (χ4v) is 6.66. The van der Waals surface area contributed by atoms with Gasteiger partial charge in [0.1, 0.15) is 5.54 Å². The van der Waals surface area contributed by atoms with Crippen LogP contribution in [-0.4, -0.2) is 66.4 Å². The standard InChI is InChI=1S/C35H43N5O5/c1-2-36-34(43)37-21-25-8-14-28(15-9-25)32-44-30(20-31(45-32)27-12-10-26(23-41)11-13-27)22-39-18-16-35(17-19-39)33(42)38-24-40(35)29-6-4-3-5-7-29/h3-15,30-32,41H,2,16-24H2,1H3,(H,38,42)(H2,36,37,43)/t30-,31+,32+/m1/s1. The first-order valence-electron chi connectivity index (χ1n) is 15.9. The Kier molecular flexibility index (Phi) is 9.65. The van der Waals surface area contributed by atoms with Gasteiger partial charge in [0, 0.05) is 50.4 Å². The second-order valence-electron chi connectivity index (χ2n) is 12.1. The minimum absolute atomic E-state index is 0.00233. The second kappa shape index (κ2) is 14.0. The van der Waals surface area contributed by atoms with Gasteiger partial charge in [0.2, 0.25) is 5.91 Å². The fraction of sp³-hybridized carbons (Fsp3) is 0.429. The SMILES string of the molecule is CCNC(=O)NCc1ccc([C@H]2O[C@@H](CN3CCC4(CC3)C(=O)NCN4c3ccccc3)C[C@@H](c3ccc(CO)cc3)O2)cc1. The highest BCUT2D eigenvalue weighted by Crippen LogP contribution is 2.40. The minimum Gasteiger partial charge on any atom is -0.392 e. The molecule has 45 heavy (non-hydrogen) atoms. The van der Waals surface area contributed by atoms with Crippen LogP contribution in [0.3, 0.4) is 0 Å². The van der Waals surface area contributed by atoms with E-state index in [4.69, 9.17) is 9.47 Å². The van der Waals surface area contributed by atoms with Gasteiger partial charge < -0.3 is 40.3 Å². The number of piperidine rings is 1. The van der Waals surface area contributed by atoms with Crippen LogP contribution in [-0.2, 0) is 27.4 Å². The maximum atomic E-state index is 13.2. The highest BCUT2D eigenvalue weighted by Gasteiger charge is 2.50. The summed E-state index contributed by atoms with van der Waals surface area (Å²) in [5, 5.41) is 18.2. The molecule has 0 aromatic heterocycles. The van der Waals surface area contributed by atoms with Crippen LogP contribution < -0.4 is 20.9 Å². The molecule has 238 valence electrons. The number of urea groups is 1. The maximum Gasteiger partial charge on any atom is 0.315 e. The molecule has 10 nitrogen and oxygen atoms in total. The summed E-state index contributed by atoms with van der Waals surface area (Å²) in [5.41, 5.74) is 4.35. The van der Waals surface area contributed by atoms with Gasteiger partial charge in [0.15, 0.2) is 6.29 Å². The highest BCUT2D eigenvalue weighted by atomic mass is 16.7. The lowest BCUT2D eigenvalue weighted by Gasteiger charge is -2.45. The molecule has 3 aromatic rings. The second-order valence-corrected chi connectivity index (χ2v) is 12.1. The Labute approximate surface area is 264 Å². The van der Waals surface area contributed by atoms with Crippen molar-refractivity contribution in [2.75, 3.05) is 37.7 Å². The van der Waals surface area contributed by atoms with E-state index in [1.165, 1.54) is 0 Å². The van der Waals surface area contributed by atoms with Crippen molar-refractivity contribution in [2.24, 2.45) is 0 Å². The van der Waals surface area contributed by atoms with E-state index >= 15 is 0 Å². The first-order valence-corrected chi connectivity index (χ1v) is 15.9. The van der Waals surface area contributed by atoms with Crippen LogP contribution in [0.4, 0.5) is 10.5 Å². The largest absolute Gasteiger partial charge is 0.392 e. The third-order valence-electron chi connectivity index (χ3n) is 9.21. The number of amides is 3. The number of nitrogens with zero attached hydrogens (tertiary/aromatic N) is 2. The summed E-state index contributed by atoms with van der Waals surface area (Å²) in [6, 6.07) is 25.9. The summed E-state index contributed by atoms with van der Waals surface area (Å²) >= 11 is 0. The molecule has 3 saturated heterocycles. The zero-order valence-corrected chi connectivity index (χ0v) is 25.8. The van der Waals surface area contributed by atoms with Crippen molar-refractivity contribution in [3.05, 3.63) is 101 Å². The van der Waals surface area contributed by atoms with E-state index in [0.29, 0.717) is 26.2 Å². The number of ether oxygens (including phenoxy) is 2. The van der Waals surface area contributed by atoms with Crippen LogP contribution in [0.2, 0.25) is 0 Å². The van der Waals surface area contributed by atoms with E-state index in [2.05, 4.69) is 37.9 Å². The molecular formula is C35H43N5O5. The van der Waals surface area contributed by atoms with E-state index in [1.54, 1.807) is 0 Å². The highest BCUT2D eigenvalue weighted by molar-refractivity contribution is 5.93. The van der Waals surface area contributed by atoms with Crippen LogP contribution >= 0.6 is 0 Å². The van der Waals surface area contributed by atoms with E-state index < -0.39 is 11.8 Å². The van der Waals surface area contributed by atoms with Crippen molar-refractivity contribution in [3.63, 3.8) is 0 Å². The third kappa shape index (κ3) is 6.99. The van der Waals surface area contributed by atoms with E-state index in [1.807, 2.05) is 73.7 Å². The third-order valence-corrected chi connectivity index (χ3v) is 9.21. The number of nitrogens with one attached hydrogen (secondary N) is 3. The molecule has 3 atom stereocenters. The van der Waals surface area contributed by atoms with Crippen molar-refractivity contribution in [1.29, 1.82) is 0 Å². The topological polar surface area (TPSA) is 115 Å². The van der Waals surface area contributed by atoms with Gasteiger partial charge in [-0.2, -0.15) is 0 Å². The van der Waals surface area contributed by atoms with Crippen LogP contribution in [0.25, 0.3) is 0 Å². The van der Waals surface area contributed by atoms with Gasteiger partial charge in [-0.3, -0.25) is 4.79 Å². The molecule has 6 rings (SSSR count). The number of aliphatic hydroxyl groups excluding tert-OH is 1. The summed E-state index contributed by atoms with van der Waals surface area (Å²) < 4.78 is 13.1. The average Bonchev–Trinajstić information content (AvgIpc) is 3.40. The van der Waals surface area contributed by atoms with Gasteiger partial charge in [0.25, 0.3) is 0 Å². The zero-order chi connectivity index (χ0) is 31.2. The molecule has 1 spiro atoms. The maximum absolute atomic E-state index is 13.2.